The summed E-state index contributed by atoms with van der Waals surface area (Å²) in [7, 11) is 0. The van der Waals surface area contributed by atoms with Gasteiger partial charge in [0, 0.05) is 24.7 Å². The predicted molar refractivity (Wildman–Crippen MR) is 93.5 cm³/mol. The first-order valence-electron chi connectivity index (χ1n) is 8.76. The van der Waals surface area contributed by atoms with Gasteiger partial charge in [0.25, 0.3) is 0 Å². The second kappa shape index (κ2) is 8.11. The molecule has 1 N–H and O–H groups in total. The number of nitrogens with zero attached hydrogens (tertiary/aromatic N) is 2. The molecule has 1 amide bonds. The minimum absolute atomic E-state index is 0.0249. The van der Waals surface area contributed by atoms with Crippen LogP contribution in [-0.4, -0.2) is 41.5 Å². The highest BCUT2D eigenvalue weighted by Crippen LogP contribution is 2.18. The fraction of sp³-hybridized carbons (Fsp3) is 0.474. The summed E-state index contributed by atoms with van der Waals surface area (Å²) in [5.41, 5.74) is 1.60. The molecule has 0 unspecified atom stereocenters. The van der Waals surface area contributed by atoms with E-state index < -0.39 is 0 Å². The van der Waals surface area contributed by atoms with E-state index in [0.29, 0.717) is 11.6 Å². The molecule has 128 valence electrons. The number of carbonyl (C=O) groups is 1. The number of rotatable bonds is 6. The van der Waals surface area contributed by atoms with Crippen molar-refractivity contribution in [3.63, 3.8) is 0 Å². The van der Waals surface area contributed by atoms with Gasteiger partial charge in [0.1, 0.15) is 6.26 Å². The summed E-state index contributed by atoms with van der Waals surface area (Å²) in [5, 5.41) is 3.13. The summed E-state index contributed by atoms with van der Waals surface area (Å²) >= 11 is 0. The Hall–Kier alpha value is -2.14. The Morgan fingerprint density at radius 2 is 2.04 bits per heavy atom. The van der Waals surface area contributed by atoms with E-state index in [2.05, 4.69) is 22.1 Å². The van der Waals surface area contributed by atoms with Crippen molar-refractivity contribution in [1.82, 2.24) is 15.2 Å². The molecule has 1 aromatic carbocycles. The van der Waals surface area contributed by atoms with Crippen LogP contribution in [0.15, 0.2) is 41.0 Å². The molecule has 0 saturated carbocycles. The fourth-order valence-corrected chi connectivity index (χ4v) is 3.16. The van der Waals surface area contributed by atoms with Crippen LogP contribution in [0.4, 0.5) is 0 Å². The lowest BCUT2D eigenvalue weighted by molar-refractivity contribution is -0.121. The second-order valence-corrected chi connectivity index (χ2v) is 6.37. The SMILES string of the molecule is CCCN1CCC(NC(=O)Cc2coc(-c3ccccc3)n2)CC1. The second-order valence-electron chi connectivity index (χ2n) is 6.37. The van der Waals surface area contributed by atoms with Crippen molar-refractivity contribution in [1.29, 1.82) is 0 Å². The number of benzene rings is 1. The molecule has 5 heteroatoms. The maximum Gasteiger partial charge on any atom is 0.226 e. The Bertz CT molecular complexity index is 646. The number of hydrogen-bond acceptors (Lipinski definition) is 4. The standard InChI is InChI=1S/C19H25N3O2/c1-2-10-22-11-8-16(9-12-22)20-18(23)13-17-14-24-19(21-17)15-6-4-3-5-7-15/h3-7,14,16H,2,8-13H2,1H3,(H,20,23). The number of piperidine rings is 1. The molecular formula is C19H25N3O2. The number of oxazole rings is 1. The van der Waals surface area contributed by atoms with Crippen LogP contribution in [0.3, 0.4) is 0 Å². The largest absolute Gasteiger partial charge is 0.444 e. The van der Waals surface area contributed by atoms with Crippen molar-refractivity contribution in [3.05, 3.63) is 42.3 Å². The molecule has 0 aliphatic carbocycles. The van der Waals surface area contributed by atoms with Gasteiger partial charge in [-0.2, -0.15) is 0 Å². The Balaban J connectivity index is 1.48. The lowest BCUT2D eigenvalue weighted by Gasteiger charge is -2.32. The Morgan fingerprint density at radius 3 is 2.75 bits per heavy atom. The van der Waals surface area contributed by atoms with Gasteiger partial charge in [-0.1, -0.05) is 25.1 Å². The summed E-state index contributed by atoms with van der Waals surface area (Å²) in [6.07, 6.45) is 5.09. The van der Waals surface area contributed by atoms with E-state index in [1.807, 2.05) is 30.3 Å². The molecule has 0 bridgehead atoms. The van der Waals surface area contributed by atoms with Crippen molar-refractivity contribution < 1.29 is 9.21 Å². The van der Waals surface area contributed by atoms with Gasteiger partial charge in [0.2, 0.25) is 11.8 Å². The lowest BCUT2D eigenvalue weighted by atomic mass is 10.0. The molecule has 1 fully saturated rings. The first kappa shape index (κ1) is 16.7. The number of aromatic nitrogens is 1. The fourth-order valence-electron chi connectivity index (χ4n) is 3.16. The molecule has 2 aromatic rings. The predicted octanol–water partition coefficient (Wildman–Crippen LogP) is 2.87. The highest BCUT2D eigenvalue weighted by Gasteiger charge is 2.20. The Morgan fingerprint density at radius 1 is 1.29 bits per heavy atom. The van der Waals surface area contributed by atoms with E-state index in [1.165, 1.54) is 6.42 Å². The Labute approximate surface area is 143 Å². The van der Waals surface area contributed by atoms with E-state index in [-0.39, 0.29) is 18.4 Å². The minimum atomic E-state index is 0.0249. The third-order valence-corrected chi connectivity index (χ3v) is 4.41. The molecule has 0 atom stereocenters. The maximum absolute atomic E-state index is 12.2. The highest BCUT2D eigenvalue weighted by molar-refractivity contribution is 5.78. The quantitative estimate of drug-likeness (QED) is 0.886. The summed E-state index contributed by atoms with van der Waals surface area (Å²) in [6.45, 7) is 5.50. The number of amides is 1. The number of carbonyl (C=O) groups excluding carboxylic acids is 1. The summed E-state index contributed by atoms with van der Waals surface area (Å²) in [6, 6.07) is 10.0. The maximum atomic E-state index is 12.2. The smallest absolute Gasteiger partial charge is 0.226 e. The molecule has 1 aromatic heterocycles. The van der Waals surface area contributed by atoms with Gasteiger partial charge in [0.15, 0.2) is 0 Å². The first-order valence-corrected chi connectivity index (χ1v) is 8.76. The molecule has 2 heterocycles. The number of likely N-dealkylation sites (tertiary alicyclic amines) is 1. The zero-order valence-electron chi connectivity index (χ0n) is 14.2. The van der Waals surface area contributed by atoms with Crippen LogP contribution < -0.4 is 5.32 Å². The molecular weight excluding hydrogens is 302 g/mol. The number of nitrogens with one attached hydrogen (secondary N) is 1. The molecule has 5 nitrogen and oxygen atoms in total. The third-order valence-electron chi connectivity index (χ3n) is 4.41. The van der Waals surface area contributed by atoms with Crippen LogP contribution in [0.5, 0.6) is 0 Å². The van der Waals surface area contributed by atoms with Crippen LogP contribution in [0.25, 0.3) is 11.5 Å². The van der Waals surface area contributed by atoms with E-state index in [4.69, 9.17) is 4.42 Å². The summed E-state index contributed by atoms with van der Waals surface area (Å²) < 4.78 is 5.48. The van der Waals surface area contributed by atoms with Gasteiger partial charge in [0.05, 0.1) is 12.1 Å². The minimum Gasteiger partial charge on any atom is -0.444 e. The molecule has 1 saturated heterocycles. The van der Waals surface area contributed by atoms with Crippen molar-refractivity contribution >= 4 is 5.91 Å². The average molecular weight is 327 g/mol. The van der Waals surface area contributed by atoms with E-state index in [9.17, 15) is 4.79 Å². The number of hydrogen-bond donors (Lipinski definition) is 1. The van der Waals surface area contributed by atoms with Crippen LogP contribution >= 0.6 is 0 Å². The molecule has 3 rings (SSSR count). The van der Waals surface area contributed by atoms with E-state index in [1.54, 1.807) is 6.26 Å². The molecule has 1 aliphatic heterocycles. The normalized spacial score (nSPS) is 16.2. The van der Waals surface area contributed by atoms with Gasteiger partial charge in [-0.05, 0) is 37.9 Å². The van der Waals surface area contributed by atoms with E-state index >= 15 is 0 Å². The van der Waals surface area contributed by atoms with Crippen LogP contribution in [0.1, 0.15) is 31.9 Å². The monoisotopic (exact) mass is 327 g/mol. The van der Waals surface area contributed by atoms with Crippen molar-refractivity contribution in [2.45, 2.75) is 38.6 Å². The molecule has 1 aliphatic rings. The van der Waals surface area contributed by atoms with Crippen molar-refractivity contribution in [3.8, 4) is 11.5 Å². The summed E-state index contributed by atoms with van der Waals surface area (Å²) in [4.78, 5) is 19.1. The van der Waals surface area contributed by atoms with Crippen LogP contribution in [-0.2, 0) is 11.2 Å². The highest BCUT2D eigenvalue weighted by atomic mass is 16.3. The average Bonchev–Trinajstić information content (AvgIpc) is 3.06. The topological polar surface area (TPSA) is 58.4 Å². The zero-order chi connectivity index (χ0) is 16.8. The molecule has 0 radical (unpaired) electrons. The first-order chi connectivity index (χ1) is 11.7. The van der Waals surface area contributed by atoms with Crippen molar-refractivity contribution in [2.75, 3.05) is 19.6 Å². The molecule has 0 spiro atoms. The third kappa shape index (κ3) is 4.45. The summed E-state index contributed by atoms with van der Waals surface area (Å²) in [5.74, 6) is 0.586. The van der Waals surface area contributed by atoms with Crippen LogP contribution in [0, 0.1) is 0 Å². The van der Waals surface area contributed by atoms with Gasteiger partial charge in [-0.25, -0.2) is 4.98 Å². The van der Waals surface area contributed by atoms with E-state index in [0.717, 1.165) is 38.0 Å². The van der Waals surface area contributed by atoms with Gasteiger partial charge < -0.3 is 14.6 Å². The lowest BCUT2D eigenvalue weighted by Crippen LogP contribution is -2.45. The van der Waals surface area contributed by atoms with Gasteiger partial charge in [-0.3, -0.25) is 4.79 Å². The van der Waals surface area contributed by atoms with Gasteiger partial charge in [-0.15, -0.1) is 0 Å². The zero-order valence-corrected chi connectivity index (χ0v) is 14.2. The van der Waals surface area contributed by atoms with Gasteiger partial charge >= 0.3 is 0 Å². The van der Waals surface area contributed by atoms with Crippen LogP contribution in [0.2, 0.25) is 0 Å². The Kier molecular flexibility index (Phi) is 5.64. The molecule has 24 heavy (non-hydrogen) atoms. The van der Waals surface area contributed by atoms with Crippen molar-refractivity contribution in [2.24, 2.45) is 0 Å².